The number of aliphatic hydroxyl groups is 1. The summed E-state index contributed by atoms with van der Waals surface area (Å²) in [7, 11) is 1.59. The number of carbonyl (C=O) groups excluding carboxylic acids is 2. The molecule has 2 atom stereocenters. The molecule has 2 unspecified atom stereocenters. The molecule has 2 aliphatic rings. The average molecular weight is 514 g/mol. The highest BCUT2D eigenvalue weighted by Crippen LogP contribution is 2.41. The SMILES string of the molecule is COCCCN1C(=O)C(=O)C(=C(O)c2ccc3c(c2)CC(C)O3)C1c1cccc(OCc2ccccc2)c1. The molecule has 0 aromatic heterocycles. The van der Waals surface area contributed by atoms with Gasteiger partial charge in [-0.3, -0.25) is 9.59 Å². The van der Waals surface area contributed by atoms with Crippen molar-refractivity contribution in [2.75, 3.05) is 20.3 Å². The fourth-order valence-electron chi connectivity index (χ4n) is 5.08. The van der Waals surface area contributed by atoms with E-state index < -0.39 is 17.7 Å². The average Bonchev–Trinajstić information content (AvgIpc) is 3.43. The molecule has 0 saturated carbocycles. The zero-order valence-electron chi connectivity index (χ0n) is 21.6. The van der Waals surface area contributed by atoms with Crippen LogP contribution in [0, 0.1) is 0 Å². The monoisotopic (exact) mass is 513 g/mol. The van der Waals surface area contributed by atoms with Crippen LogP contribution in [0.15, 0.2) is 78.4 Å². The summed E-state index contributed by atoms with van der Waals surface area (Å²) in [6, 6.07) is 21.8. The maximum Gasteiger partial charge on any atom is 0.295 e. The highest BCUT2D eigenvalue weighted by molar-refractivity contribution is 6.46. The number of amides is 1. The molecule has 5 rings (SSSR count). The number of likely N-dealkylation sites (tertiary alicyclic amines) is 1. The zero-order chi connectivity index (χ0) is 26.6. The summed E-state index contributed by atoms with van der Waals surface area (Å²) in [5.74, 6) is -0.154. The van der Waals surface area contributed by atoms with E-state index in [1.165, 1.54) is 4.90 Å². The maximum atomic E-state index is 13.3. The van der Waals surface area contributed by atoms with Gasteiger partial charge in [0.1, 0.15) is 30.0 Å². The molecule has 38 heavy (non-hydrogen) atoms. The van der Waals surface area contributed by atoms with E-state index in [2.05, 4.69) is 0 Å². The third kappa shape index (κ3) is 5.15. The first-order valence-corrected chi connectivity index (χ1v) is 12.8. The number of hydrogen-bond acceptors (Lipinski definition) is 6. The molecule has 1 amide bonds. The summed E-state index contributed by atoms with van der Waals surface area (Å²) in [5, 5.41) is 11.4. The van der Waals surface area contributed by atoms with Gasteiger partial charge in [-0.25, -0.2) is 0 Å². The Balaban J connectivity index is 1.52. The van der Waals surface area contributed by atoms with Crippen molar-refractivity contribution in [2.45, 2.75) is 38.5 Å². The van der Waals surface area contributed by atoms with Crippen molar-refractivity contribution in [3.63, 3.8) is 0 Å². The molecule has 3 aromatic rings. The number of ether oxygens (including phenoxy) is 3. The largest absolute Gasteiger partial charge is 0.507 e. The first kappa shape index (κ1) is 25.5. The Labute approximate surface area is 222 Å². The molecule has 3 aromatic carbocycles. The van der Waals surface area contributed by atoms with Gasteiger partial charge in [-0.2, -0.15) is 0 Å². The third-order valence-electron chi connectivity index (χ3n) is 6.88. The fraction of sp³-hybridized carbons (Fsp3) is 0.290. The predicted molar refractivity (Wildman–Crippen MR) is 143 cm³/mol. The number of carbonyl (C=O) groups is 2. The van der Waals surface area contributed by atoms with Gasteiger partial charge in [0, 0.05) is 32.2 Å². The Morgan fingerprint density at radius 2 is 1.87 bits per heavy atom. The zero-order valence-corrected chi connectivity index (χ0v) is 21.6. The van der Waals surface area contributed by atoms with Crippen molar-refractivity contribution in [1.29, 1.82) is 0 Å². The molecule has 196 valence electrons. The lowest BCUT2D eigenvalue weighted by Gasteiger charge is -2.25. The first-order chi connectivity index (χ1) is 18.5. The topological polar surface area (TPSA) is 85.3 Å². The standard InChI is InChI=1S/C31H31NO6/c1-20-16-24-17-23(12-13-26(24)38-20)29(33)27-28(32(14-7-15-36-2)31(35)30(27)34)22-10-6-11-25(18-22)37-19-21-8-4-3-5-9-21/h3-6,8-13,17-18,20,28,33H,7,14-16,19H2,1-2H3. The lowest BCUT2D eigenvalue weighted by molar-refractivity contribution is -0.140. The summed E-state index contributed by atoms with van der Waals surface area (Å²) in [6.45, 7) is 3.12. The number of hydrogen-bond donors (Lipinski definition) is 1. The number of aliphatic hydroxyl groups excluding tert-OH is 1. The highest BCUT2D eigenvalue weighted by Gasteiger charge is 2.46. The lowest BCUT2D eigenvalue weighted by atomic mass is 9.94. The molecule has 1 N–H and O–H groups in total. The molecule has 7 heteroatoms. The number of ketones is 1. The second-order valence-electron chi connectivity index (χ2n) is 9.64. The van der Waals surface area contributed by atoms with Gasteiger partial charge in [-0.15, -0.1) is 0 Å². The minimum Gasteiger partial charge on any atom is -0.507 e. The molecule has 0 radical (unpaired) electrons. The van der Waals surface area contributed by atoms with E-state index in [9.17, 15) is 14.7 Å². The van der Waals surface area contributed by atoms with E-state index in [4.69, 9.17) is 14.2 Å². The summed E-state index contributed by atoms with van der Waals surface area (Å²) in [6.07, 6.45) is 1.32. The van der Waals surface area contributed by atoms with Crippen molar-refractivity contribution in [2.24, 2.45) is 0 Å². The number of fused-ring (bicyclic) bond motifs is 1. The number of rotatable bonds is 9. The van der Waals surface area contributed by atoms with Crippen LogP contribution in [0.1, 0.15) is 41.6 Å². The summed E-state index contributed by atoms with van der Waals surface area (Å²) >= 11 is 0. The van der Waals surface area contributed by atoms with Crippen molar-refractivity contribution in [3.05, 3.63) is 101 Å². The molecule has 7 nitrogen and oxygen atoms in total. The second-order valence-corrected chi connectivity index (χ2v) is 9.64. The predicted octanol–water partition coefficient (Wildman–Crippen LogP) is 5.05. The highest BCUT2D eigenvalue weighted by atomic mass is 16.5. The second kappa shape index (κ2) is 11.1. The molecule has 1 saturated heterocycles. The van der Waals surface area contributed by atoms with Crippen LogP contribution in [0.5, 0.6) is 11.5 Å². The normalized spacial score (nSPS) is 19.9. The van der Waals surface area contributed by atoms with Gasteiger partial charge in [-0.1, -0.05) is 42.5 Å². The van der Waals surface area contributed by atoms with Gasteiger partial charge in [0.15, 0.2) is 0 Å². The quantitative estimate of drug-likeness (QED) is 0.187. The van der Waals surface area contributed by atoms with Gasteiger partial charge in [0.2, 0.25) is 0 Å². The smallest absolute Gasteiger partial charge is 0.295 e. The van der Waals surface area contributed by atoms with Crippen LogP contribution in [0.3, 0.4) is 0 Å². The minimum absolute atomic E-state index is 0.0485. The molecule has 0 aliphatic carbocycles. The maximum absolute atomic E-state index is 13.3. The number of methoxy groups -OCH3 is 1. The summed E-state index contributed by atoms with van der Waals surface area (Å²) in [5.41, 5.74) is 3.23. The molecule has 1 fully saturated rings. The van der Waals surface area contributed by atoms with Crippen LogP contribution in [-0.2, 0) is 27.4 Å². The van der Waals surface area contributed by atoms with Crippen LogP contribution >= 0.6 is 0 Å². The lowest BCUT2D eigenvalue weighted by Crippen LogP contribution is -2.31. The van der Waals surface area contributed by atoms with Crippen LogP contribution in [0.4, 0.5) is 0 Å². The van der Waals surface area contributed by atoms with E-state index in [-0.39, 0.29) is 17.4 Å². The van der Waals surface area contributed by atoms with Gasteiger partial charge in [0.05, 0.1) is 11.6 Å². The fourth-order valence-corrected chi connectivity index (χ4v) is 5.08. The van der Waals surface area contributed by atoms with E-state index in [0.717, 1.165) is 16.9 Å². The van der Waals surface area contributed by atoms with Crippen LogP contribution in [0.25, 0.3) is 5.76 Å². The first-order valence-electron chi connectivity index (χ1n) is 12.8. The molecule has 0 bridgehead atoms. The van der Waals surface area contributed by atoms with Crippen molar-refractivity contribution in [1.82, 2.24) is 4.90 Å². The van der Waals surface area contributed by atoms with E-state index >= 15 is 0 Å². The summed E-state index contributed by atoms with van der Waals surface area (Å²) < 4.78 is 17.0. The molecule has 2 aliphatic heterocycles. The van der Waals surface area contributed by atoms with Gasteiger partial charge >= 0.3 is 0 Å². The number of benzene rings is 3. The Bertz CT molecular complexity index is 1370. The number of Topliss-reactive ketones (excluding diaryl/α,β-unsaturated/α-hetero) is 1. The van der Waals surface area contributed by atoms with Gasteiger partial charge in [-0.05, 0) is 60.4 Å². The molecular weight excluding hydrogens is 482 g/mol. The van der Waals surface area contributed by atoms with Crippen LogP contribution in [-0.4, -0.2) is 48.1 Å². The molecular formula is C31H31NO6. The minimum atomic E-state index is -0.754. The molecule has 2 heterocycles. The number of nitrogens with zero attached hydrogens (tertiary/aromatic N) is 1. The van der Waals surface area contributed by atoms with E-state index in [1.807, 2.05) is 67.6 Å². The third-order valence-corrected chi connectivity index (χ3v) is 6.88. The van der Waals surface area contributed by atoms with Crippen LogP contribution in [0.2, 0.25) is 0 Å². The van der Waals surface area contributed by atoms with Crippen LogP contribution < -0.4 is 9.47 Å². The Hall–Kier alpha value is -4.10. The summed E-state index contributed by atoms with van der Waals surface area (Å²) in [4.78, 5) is 28.0. The Morgan fingerprint density at radius 3 is 2.66 bits per heavy atom. The van der Waals surface area contributed by atoms with Crippen molar-refractivity contribution >= 4 is 17.4 Å². The Kier molecular flexibility index (Phi) is 7.47. The Morgan fingerprint density at radius 1 is 1.05 bits per heavy atom. The van der Waals surface area contributed by atoms with E-state index in [0.29, 0.717) is 49.5 Å². The molecule has 0 spiro atoms. The van der Waals surface area contributed by atoms with Gasteiger partial charge < -0.3 is 24.2 Å². The van der Waals surface area contributed by atoms with Crippen molar-refractivity contribution in [3.8, 4) is 11.5 Å². The van der Waals surface area contributed by atoms with Gasteiger partial charge in [0.25, 0.3) is 11.7 Å². The van der Waals surface area contributed by atoms with E-state index in [1.54, 1.807) is 19.2 Å². The van der Waals surface area contributed by atoms with Crippen molar-refractivity contribution < 1.29 is 28.9 Å².